The molecule has 20 heavy (non-hydrogen) atoms. The van der Waals surface area contributed by atoms with Crippen molar-refractivity contribution in [2.75, 3.05) is 26.2 Å². The Balaban J connectivity index is 1.86. The maximum atomic E-state index is 12.0. The molecule has 1 saturated heterocycles. The number of piperazine rings is 1. The van der Waals surface area contributed by atoms with Gasteiger partial charge in [0.2, 0.25) is 0 Å². The molecule has 0 aliphatic carbocycles. The molecule has 2 amide bonds. The van der Waals surface area contributed by atoms with E-state index in [9.17, 15) is 9.59 Å². The van der Waals surface area contributed by atoms with E-state index >= 15 is 0 Å². The van der Waals surface area contributed by atoms with Crippen molar-refractivity contribution in [2.24, 2.45) is 0 Å². The summed E-state index contributed by atoms with van der Waals surface area (Å²) in [6.45, 7) is 4.01. The van der Waals surface area contributed by atoms with Crippen LogP contribution < -0.4 is 15.5 Å². The zero-order valence-corrected chi connectivity index (χ0v) is 12.2. The van der Waals surface area contributed by atoms with Crippen LogP contribution in [0.2, 0.25) is 5.02 Å². The number of carbonyl (C=O) groups excluding carboxylic acids is 2. The summed E-state index contributed by atoms with van der Waals surface area (Å²) in [4.78, 5) is 24.2. The largest absolute Gasteiger partial charge is 0.346 e. The van der Waals surface area contributed by atoms with E-state index < -0.39 is 0 Å². The molecule has 1 aromatic carbocycles. The monoisotopic (exact) mass is 296 g/mol. The molecular weight excluding hydrogens is 278 g/mol. The molecule has 5 nitrogen and oxygen atoms in total. The van der Waals surface area contributed by atoms with Gasteiger partial charge in [0, 0.05) is 5.02 Å². The molecule has 0 bridgehead atoms. The summed E-state index contributed by atoms with van der Waals surface area (Å²) in [7, 11) is 0. The van der Waals surface area contributed by atoms with Crippen molar-refractivity contribution in [3.8, 4) is 0 Å². The summed E-state index contributed by atoms with van der Waals surface area (Å²) in [6, 6.07) is 7.33. The van der Waals surface area contributed by atoms with Crippen molar-refractivity contribution in [1.29, 1.82) is 0 Å². The maximum absolute atomic E-state index is 12.0. The summed E-state index contributed by atoms with van der Waals surface area (Å²) >= 11 is 5.94. The van der Waals surface area contributed by atoms with Crippen LogP contribution in [0.4, 0.5) is 0 Å². The van der Waals surface area contributed by atoms with Gasteiger partial charge >= 0.3 is 0 Å². The highest BCUT2D eigenvalue weighted by molar-refractivity contribution is 6.30. The predicted octanol–water partition coefficient (Wildman–Crippen LogP) is -0.468. The first-order valence-electron chi connectivity index (χ1n) is 6.69. The second-order valence-electron chi connectivity index (χ2n) is 5.05. The Morgan fingerprint density at radius 1 is 1.55 bits per heavy atom. The van der Waals surface area contributed by atoms with Gasteiger partial charge < -0.3 is 15.5 Å². The third-order valence-corrected chi connectivity index (χ3v) is 3.58. The molecule has 1 aliphatic rings. The van der Waals surface area contributed by atoms with E-state index in [1.54, 1.807) is 6.07 Å². The highest BCUT2D eigenvalue weighted by atomic mass is 35.5. The first-order valence-corrected chi connectivity index (χ1v) is 7.07. The molecule has 1 aliphatic heterocycles. The molecular formula is C14H19ClN3O2+. The molecule has 108 valence electrons. The number of benzene rings is 1. The molecule has 3 N–H and O–H groups in total. The van der Waals surface area contributed by atoms with Crippen LogP contribution in [-0.2, 0) is 9.59 Å². The minimum Gasteiger partial charge on any atom is -0.346 e. The molecule has 2 atom stereocenters. The zero-order chi connectivity index (χ0) is 14.5. The Morgan fingerprint density at radius 2 is 2.35 bits per heavy atom. The molecule has 0 saturated carbocycles. The Morgan fingerprint density at radius 3 is 3.05 bits per heavy atom. The third kappa shape index (κ3) is 4.21. The van der Waals surface area contributed by atoms with E-state index in [1.807, 2.05) is 25.1 Å². The number of hydrogen-bond donors (Lipinski definition) is 3. The van der Waals surface area contributed by atoms with Crippen LogP contribution in [0.25, 0.3) is 0 Å². The fraction of sp³-hybridized carbons (Fsp3) is 0.429. The molecule has 6 heteroatoms. The summed E-state index contributed by atoms with van der Waals surface area (Å²) in [6.07, 6.45) is 0. The topological polar surface area (TPSA) is 62.6 Å². The lowest BCUT2D eigenvalue weighted by molar-refractivity contribution is -0.885. The van der Waals surface area contributed by atoms with Gasteiger partial charge in [-0.05, 0) is 24.6 Å². The molecule has 1 aromatic rings. The van der Waals surface area contributed by atoms with Gasteiger partial charge in [-0.25, -0.2) is 0 Å². The van der Waals surface area contributed by atoms with Crippen LogP contribution in [-0.4, -0.2) is 38.0 Å². The first kappa shape index (κ1) is 14.8. The standard InChI is InChI=1S/C14H18ClN3O2/c1-10(11-3-2-4-12(15)7-11)17-14(20)9-18-6-5-16-13(19)8-18/h2-4,7,10H,5-6,8-9H2,1H3,(H,16,19)(H,17,20)/p+1/t10-/m0/s1. The van der Waals surface area contributed by atoms with E-state index in [1.165, 1.54) is 0 Å². The second kappa shape index (κ2) is 6.72. The number of hydrogen-bond acceptors (Lipinski definition) is 2. The lowest BCUT2D eigenvalue weighted by Crippen LogP contribution is -3.16. The normalized spacial score (nSPS) is 20.1. The molecule has 0 aromatic heterocycles. The van der Waals surface area contributed by atoms with Crippen LogP contribution in [0.5, 0.6) is 0 Å². The average molecular weight is 297 g/mol. The van der Waals surface area contributed by atoms with Gasteiger partial charge in [0.05, 0.1) is 19.1 Å². The predicted molar refractivity (Wildman–Crippen MR) is 76.6 cm³/mol. The van der Waals surface area contributed by atoms with Crippen molar-refractivity contribution < 1.29 is 14.5 Å². The van der Waals surface area contributed by atoms with Gasteiger partial charge in [0.25, 0.3) is 11.8 Å². The number of quaternary nitrogens is 1. The Labute approximate surface area is 123 Å². The SMILES string of the molecule is C[C@H](NC(=O)C[NH+]1CCNC(=O)C1)c1cccc(Cl)c1. The minimum atomic E-state index is -0.0979. The Bertz CT molecular complexity index is 507. The molecule has 1 fully saturated rings. The average Bonchev–Trinajstić information content (AvgIpc) is 2.38. The van der Waals surface area contributed by atoms with Crippen molar-refractivity contribution >= 4 is 23.4 Å². The van der Waals surface area contributed by atoms with Gasteiger partial charge in [-0.2, -0.15) is 0 Å². The van der Waals surface area contributed by atoms with E-state index in [2.05, 4.69) is 10.6 Å². The van der Waals surface area contributed by atoms with Crippen molar-refractivity contribution in [1.82, 2.24) is 10.6 Å². The third-order valence-electron chi connectivity index (χ3n) is 3.35. The van der Waals surface area contributed by atoms with Crippen LogP contribution >= 0.6 is 11.6 Å². The van der Waals surface area contributed by atoms with Crippen LogP contribution in [0.3, 0.4) is 0 Å². The highest BCUT2D eigenvalue weighted by Gasteiger charge is 2.22. The number of carbonyl (C=O) groups is 2. The van der Waals surface area contributed by atoms with Crippen LogP contribution in [0.1, 0.15) is 18.5 Å². The Kier molecular flexibility index (Phi) is 4.98. The summed E-state index contributed by atoms with van der Waals surface area (Å²) in [5, 5.41) is 6.34. The molecule has 0 spiro atoms. The number of nitrogens with one attached hydrogen (secondary N) is 3. The highest BCUT2D eigenvalue weighted by Crippen LogP contribution is 2.16. The van der Waals surface area contributed by atoms with Crippen molar-refractivity contribution in [3.63, 3.8) is 0 Å². The second-order valence-corrected chi connectivity index (χ2v) is 5.48. The Hall–Kier alpha value is -1.59. The molecule has 1 unspecified atom stereocenters. The summed E-state index contributed by atoms with van der Waals surface area (Å²) in [5.41, 5.74) is 0.970. The fourth-order valence-corrected chi connectivity index (χ4v) is 2.49. The fourth-order valence-electron chi connectivity index (χ4n) is 2.29. The van der Waals surface area contributed by atoms with Crippen LogP contribution in [0, 0.1) is 0 Å². The zero-order valence-electron chi connectivity index (χ0n) is 11.4. The van der Waals surface area contributed by atoms with E-state index in [4.69, 9.17) is 11.6 Å². The number of rotatable bonds is 4. The molecule has 0 radical (unpaired) electrons. The quantitative estimate of drug-likeness (QED) is 0.704. The first-order chi connectivity index (χ1) is 9.54. The lowest BCUT2D eigenvalue weighted by Gasteiger charge is -2.24. The molecule has 1 heterocycles. The van der Waals surface area contributed by atoms with Gasteiger partial charge in [-0.1, -0.05) is 23.7 Å². The van der Waals surface area contributed by atoms with E-state index in [-0.39, 0.29) is 17.9 Å². The van der Waals surface area contributed by atoms with Crippen LogP contribution in [0.15, 0.2) is 24.3 Å². The molecule has 2 rings (SSSR count). The summed E-state index contributed by atoms with van der Waals surface area (Å²) < 4.78 is 0. The number of halogens is 1. The van der Waals surface area contributed by atoms with Gasteiger partial charge in [-0.15, -0.1) is 0 Å². The van der Waals surface area contributed by atoms with Gasteiger partial charge in [-0.3, -0.25) is 9.59 Å². The minimum absolute atomic E-state index is 0.00180. The lowest BCUT2D eigenvalue weighted by atomic mass is 10.1. The van der Waals surface area contributed by atoms with Crippen molar-refractivity contribution in [3.05, 3.63) is 34.9 Å². The van der Waals surface area contributed by atoms with Gasteiger partial charge in [0.1, 0.15) is 0 Å². The summed E-state index contributed by atoms with van der Waals surface area (Å²) in [5.74, 6) is -0.0517. The van der Waals surface area contributed by atoms with Gasteiger partial charge in [0.15, 0.2) is 13.1 Å². The van der Waals surface area contributed by atoms with E-state index in [0.29, 0.717) is 24.7 Å². The van der Waals surface area contributed by atoms with Crippen molar-refractivity contribution in [2.45, 2.75) is 13.0 Å². The maximum Gasteiger partial charge on any atom is 0.275 e. The van der Waals surface area contributed by atoms with E-state index in [0.717, 1.165) is 17.0 Å². The number of amides is 2. The smallest absolute Gasteiger partial charge is 0.275 e.